The van der Waals surface area contributed by atoms with E-state index in [-0.39, 0.29) is 16.4 Å². The number of nitrogens with zero attached hydrogens (tertiary/aromatic N) is 3. The van der Waals surface area contributed by atoms with E-state index in [2.05, 4.69) is 17.2 Å². The van der Waals surface area contributed by atoms with Crippen molar-refractivity contribution in [2.75, 3.05) is 26.7 Å². The maximum Gasteiger partial charge on any atom is 0.255 e. The molecule has 0 aliphatic carbocycles. The molecule has 0 spiro atoms. The summed E-state index contributed by atoms with van der Waals surface area (Å²) >= 11 is 0. The van der Waals surface area contributed by atoms with E-state index in [1.54, 1.807) is 18.6 Å². The van der Waals surface area contributed by atoms with Crippen LogP contribution in [0.2, 0.25) is 0 Å². The number of rotatable bonds is 8. The van der Waals surface area contributed by atoms with Crippen molar-refractivity contribution in [2.24, 2.45) is 5.92 Å². The second kappa shape index (κ2) is 9.41. The molecule has 1 aromatic heterocycles. The van der Waals surface area contributed by atoms with Crippen molar-refractivity contribution in [1.82, 2.24) is 19.2 Å². The number of carbonyl (C=O) groups excluding carboxylic acids is 1. The summed E-state index contributed by atoms with van der Waals surface area (Å²) < 4.78 is 34.7. The van der Waals surface area contributed by atoms with Gasteiger partial charge in [-0.1, -0.05) is 6.92 Å². The van der Waals surface area contributed by atoms with Gasteiger partial charge < -0.3 is 14.6 Å². The van der Waals surface area contributed by atoms with Gasteiger partial charge in [-0.15, -0.1) is 0 Å². The lowest BCUT2D eigenvalue weighted by Gasteiger charge is -2.29. The molecule has 1 aliphatic heterocycles. The fourth-order valence-electron chi connectivity index (χ4n) is 3.38. The van der Waals surface area contributed by atoms with Crippen molar-refractivity contribution in [3.05, 3.63) is 42.5 Å². The van der Waals surface area contributed by atoms with Gasteiger partial charge in [-0.3, -0.25) is 4.79 Å². The minimum Gasteiger partial charge on any atom is -0.496 e. The van der Waals surface area contributed by atoms with E-state index in [4.69, 9.17) is 4.74 Å². The number of hydrogen-bond acceptors (Lipinski definition) is 5. The molecule has 8 nitrogen and oxygen atoms in total. The monoisotopic (exact) mass is 420 g/mol. The zero-order chi connectivity index (χ0) is 20.9. The van der Waals surface area contributed by atoms with Crippen LogP contribution in [0.1, 0.15) is 36.5 Å². The maximum atomic E-state index is 13.0. The van der Waals surface area contributed by atoms with E-state index >= 15 is 0 Å². The molecule has 0 bridgehead atoms. The Morgan fingerprint density at radius 1 is 1.31 bits per heavy atom. The zero-order valence-electron chi connectivity index (χ0n) is 16.9. The normalized spacial score (nSPS) is 15.9. The van der Waals surface area contributed by atoms with Gasteiger partial charge in [0.15, 0.2) is 0 Å². The standard InChI is InChI=1S/C20H28N4O4S/c1-16-6-11-24(12-7-16)29(26,27)17-4-5-19(28-2)18(14-17)20(25)22-8-3-10-23-13-9-21-15-23/h4-5,9,13-16H,3,6-8,10-12H2,1-2H3,(H,22,25). The van der Waals surface area contributed by atoms with Gasteiger partial charge in [-0.05, 0) is 43.4 Å². The van der Waals surface area contributed by atoms with E-state index in [0.717, 1.165) is 25.8 Å². The molecule has 1 aliphatic rings. The van der Waals surface area contributed by atoms with Gasteiger partial charge in [0.25, 0.3) is 5.91 Å². The highest BCUT2D eigenvalue weighted by Gasteiger charge is 2.29. The van der Waals surface area contributed by atoms with Gasteiger partial charge >= 0.3 is 0 Å². The highest BCUT2D eigenvalue weighted by molar-refractivity contribution is 7.89. The summed E-state index contributed by atoms with van der Waals surface area (Å²) in [7, 11) is -2.17. The van der Waals surface area contributed by atoms with Gasteiger partial charge in [-0.25, -0.2) is 13.4 Å². The van der Waals surface area contributed by atoms with Gasteiger partial charge in [0.1, 0.15) is 5.75 Å². The largest absolute Gasteiger partial charge is 0.496 e. The number of amides is 1. The summed E-state index contributed by atoms with van der Waals surface area (Å²) in [5, 5.41) is 2.84. The smallest absolute Gasteiger partial charge is 0.255 e. The van der Waals surface area contributed by atoms with Crippen LogP contribution < -0.4 is 10.1 Å². The minimum absolute atomic E-state index is 0.122. The first-order chi connectivity index (χ1) is 13.9. The van der Waals surface area contributed by atoms with Crippen molar-refractivity contribution < 1.29 is 17.9 Å². The lowest BCUT2D eigenvalue weighted by molar-refractivity contribution is 0.0949. The second-order valence-corrected chi connectivity index (χ2v) is 9.30. The molecule has 158 valence electrons. The molecule has 9 heteroatoms. The summed E-state index contributed by atoms with van der Waals surface area (Å²) in [5.41, 5.74) is 0.224. The van der Waals surface area contributed by atoms with Crippen LogP contribution in [0.4, 0.5) is 0 Å². The number of methoxy groups -OCH3 is 1. The number of imidazole rings is 1. The Bertz CT molecular complexity index is 920. The first-order valence-corrected chi connectivity index (χ1v) is 11.3. The number of aromatic nitrogens is 2. The summed E-state index contributed by atoms with van der Waals surface area (Å²) in [5.74, 6) is 0.529. The van der Waals surface area contributed by atoms with Gasteiger partial charge in [0.2, 0.25) is 10.0 Å². The Kier molecular flexibility index (Phi) is 6.92. The number of benzene rings is 1. The highest BCUT2D eigenvalue weighted by atomic mass is 32.2. The van der Waals surface area contributed by atoms with Crippen LogP contribution in [0.15, 0.2) is 41.8 Å². The Labute approximate surface area is 171 Å². The number of piperidine rings is 1. The van der Waals surface area contributed by atoms with E-state index in [1.165, 1.54) is 23.5 Å². The lowest BCUT2D eigenvalue weighted by Crippen LogP contribution is -2.38. The predicted octanol–water partition coefficient (Wildman–Crippen LogP) is 2.13. The van der Waals surface area contributed by atoms with Crippen molar-refractivity contribution in [2.45, 2.75) is 37.6 Å². The van der Waals surface area contributed by atoms with E-state index in [1.807, 2.05) is 10.8 Å². The van der Waals surface area contributed by atoms with Crippen LogP contribution in [0.5, 0.6) is 5.75 Å². The highest BCUT2D eigenvalue weighted by Crippen LogP contribution is 2.27. The average Bonchev–Trinajstić information content (AvgIpc) is 3.24. The Balaban J connectivity index is 1.69. The van der Waals surface area contributed by atoms with Crippen molar-refractivity contribution in [1.29, 1.82) is 0 Å². The minimum atomic E-state index is -3.63. The third-order valence-electron chi connectivity index (χ3n) is 5.23. The first kappa shape index (κ1) is 21.3. The third-order valence-corrected chi connectivity index (χ3v) is 7.13. The molecule has 2 aromatic rings. The fourth-order valence-corrected chi connectivity index (χ4v) is 4.87. The topological polar surface area (TPSA) is 93.5 Å². The number of hydrogen-bond donors (Lipinski definition) is 1. The van der Waals surface area contributed by atoms with Gasteiger partial charge in [0, 0.05) is 38.6 Å². The summed E-state index contributed by atoms with van der Waals surface area (Å²) in [6.07, 6.45) is 7.72. The van der Waals surface area contributed by atoms with Crippen LogP contribution in [0.25, 0.3) is 0 Å². The summed E-state index contributed by atoms with van der Waals surface area (Å²) in [6.45, 7) is 4.34. The van der Waals surface area contributed by atoms with Crippen molar-refractivity contribution >= 4 is 15.9 Å². The van der Waals surface area contributed by atoms with Crippen LogP contribution in [-0.4, -0.2) is 54.9 Å². The molecular weight excluding hydrogens is 392 g/mol. The molecule has 1 N–H and O–H groups in total. The molecule has 2 heterocycles. The van der Waals surface area contributed by atoms with Crippen molar-refractivity contribution in [3.8, 4) is 5.75 Å². The summed E-state index contributed by atoms with van der Waals surface area (Å²) in [4.78, 5) is 16.8. The molecule has 3 rings (SSSR count). The molecule has 0 radical (unpaired) electrons. The van der Waals surface area contributed by atoms with Crippen LogP contribution >= 0.6 is 0 Å². The number of nitrogens with one attached hydrogen (secondary N) is 1. The van der Waals surface area contributed by atoms with Crippen LogP contribution in [0.3, 0.4) is 0 Å². The molecule has 1 fully saturated rings. The molecule has 1 aromatic carbocycles. The fraction of sp³-hybridized carbons (Fsp3) is 0.500. The molecule has 1 amide bonds. The zero-order valence-corrected chi connectivity index (χ0v) is 17.7. The number of ether oxygens (including phenoxy) is 1. The predicted molar refractivity (Wildman–Crippen MR) is 109 cm³/mol. The van der Waals surface area contributed by atoms with Crippen LogP contribution in [-0.2, 0) is 16.6 Å². The van der Waals surface area contributed by atoms with Gasteiger partial charge in [-0.2, -0.15) is 4.31 Å². The molecular formula is C20H28N4O4S. The Hall–Kier alpha value is -2.39. The Morgan fingerprint density at radius 2 is 2.07 bits per heavy atom. The summed E-state index contributed by atoms with van der Waals surface area (Å²) in [6, 6.07) is 4.46. The second-order valence-electron chi connectivity index (χ2n) is 7.36. The molecule has 29 heavy (non-hydrogen) atoms. The number of carbonyl (C=O) groups is 1. The number of sulfonamides is 1. The quantitative estimate of drug-likeness (QED) is 0.661. The number of aryl methyl sites for hydroxylation is 1. The lowest BCUT2D eigenvalue weighted by atomic mass is 10.0. The SMILES string of the molecule is COc1ccc(S(=O)(=O)N2CCC(C)CC2)cc1C(=O)NCCCn1ccnc1. The molecule has 0 saturated carbocycles. The average molecular weight is 421 g/mol. The van der Waals surface area contributed by atoms with E-state index < -0.39 is 10.0 Å². The maximum absolute atomic E-state index is 13.0. The Morgan fingerprint density at radius 3 is 2.72 bits per heavy atom. The van der Waals surface area contributed by atoms with Crippen LogP contribution in [0, 0.1) is 5.92 Å². The first-order valence-electron chi connectivity index (χ1n) is 9.84. The molecule has 0 atom stereocenters. The molecule has 1 saturated heterocycles. The van der Waals surface area contributed by atoms with Gasteiger partial charge in [0.05, 0.1) is 23.9 Å². The third kappa shape index (κ3) is 5.16. The van der Waals surface area contributed by atoms with Crippen molar-refractivity contribution in [3.63, 3.8) is 0 Å². The van der Waals surface area contributed by atoms with E-state index in [0.29, 0.717) is 31.3 Å². The molecule has 0 unspecified atom stereocenters. The van der Waals surface area contributed by atoms with E-state index in [9.17, 15) is 13.2 Å².